The summed E-state index contributed by atoms with van der Waals surface area (Å²) in [6, 6.07) is 5.63. The van der Waals surface area contributed by atoms with Crippen molar-refractivity contribution in [2.24, 2.45) is 0 Å². The second-order valence-corrected chi connectivity index (χ2v) is 4.95. The van der Waals surface area contributed by atoms with Gasteiger partial charge in [0.2, 0.25) is 5.78 Å². The van der Waals surface area contributed by atoms with Gasteiger partial charge in [0.05, 0.1) is 12.7 Å². The number of hydrogen-bond acceptors (Lipinski definition) is 6. The summed E-state index contributed by atoms with van der Waals surface area (Å²) in [5.41, 5.74) is 0.832. The van der Waals surface area contributed by atoms with Crippen LogP contribution in [-0.2, 0) is 11.2 Å². The minimum absolute atomic E-state index is 0.0563. The van der Waals surface area contributed by atoms with Crippen LogP contribution in [0.5, 0.6) is 0 Å². The molecule has 0 fully saturated rings. The lowest BCUT2D eigenvalue weighted by Gasteiger charge is -1.99. The predicted molar refractivity (Wildman–Crippen MR) is 71.4 cm³/mol. The van der Waals surface area contributed by atoms with Gasteiger partial charge in [0.1, 0.15) is 12.1 Å². The Morgan fingerprint density at radius 2 is 2.25 bits per heavy atom. The molecule has 0 atom stereocenters. The van der Waals surface area contributed by atoms with E-state index in [2.05, 4.69) is 15.2 Å². The molecule has 7 heteroatoms. The lowest BCUT2D eigenvalue weighted by atomic mass is 10.1. The Balaban J connectivity index is 1.81. The SMILES string of the molecule is O=C(Cc1occc1-c1cccs1)C(=O)c1ncn[nH]1. The van der Waals surface area contributed by atoms with Crippen molar-refractivity contribution in [3.05, 3.63) is 47.8 Å². The van der Waals surface area contributed by atoms with Crippen molar-refractivity contribution in [1.82, 2.24) is 15.2 Å². The van der Waals surface area contributed by atoms with Gasteiger partial charge in [0, 0.05) is 10.4 Å². The molecule has 3 rings (SSSR count). The first-order valence-electron chi connectivity index (χ1n) is 5.79. The number of furan rings is 1. The summed E-state index contributed by atoms with van der Waals surface area (Å²) in [4.78, 5) is 28.4. The van der Waals surface area contributed by atoms with Crippen LogP contribution in [0.4, 0.5) is 0 Å². The van der Waals surface area contributed by atoms with Gasteiger partial charge in [-0.2, -0.15) is 5.10 Å². The highest BCUT2D eigenvalue weighted by Gasteiger charge is 2.22. The topological polar surface area (TPSA) is 88.8 Å². The first kappa shape index (κ1) is 12.5. The molecule has 0 amide bonds. The number of carbonyl (C=O) groups is 2. The summed E-state index contributed by atoms with van der Waals surface area (Å²) in [5, 5.41) is 7.87. The van der Waals surface area contributed by atoms with Gasteiger partial charge in [-0.15, -0.1) is 11.3 Å². The zero-order chi connectivity index (χ0) is 13.9. The number of Topliss-reactive ketones (excluding diaryl/α,β-unsaturated/α-hetero) is 2. The molecule has 20 heavy (non-hydrogen) atoms. The molecule has 0 aliphatic heterocycles. The lowest BCUT2D eigenvalue weighted by molar-refractivity contribution is -0.114. The van der Waals surface area contributed by atoms with Crippen LogP contribution in [0, 0.1) is 0 Å². The second kappa shape index (κ2) is 5.22. The van der Waals surface area contributed by atoms with E-state index < -0.39 is 11.6 Å². The molecule has 0 unspecified atom stereocenters. The maximum absolute atomic E-state index is 11.9. The molecule has 3 aromatic rings. The first-order chi connectivity index (χ1) is 9.75. The molecule has 0 aliphatic rings. The van der Waals surface area contributed by atoms with Crippen molar-refractivity contribution in [1.29, 1.82) is 0 Å². The molecular formula is C13H9N3O3S. The molecule has 0 saturated heterocycles. The number of ketones is 2. The highest BCUT2D eigenvalue weighted by atomic mass is 32.1. The van der Waals surface area contributed by atoms with Crippen LogP contribution >= 0.6 is 11.3 Å². The molecular weight excluding hydrogens is 278 g/mol. The summed E-state index contributed by atoms with van der Waals surface area (Å²) < 4.78 is 5.31. The monoisotopic (exact) mass is 287 g/mol. The van der Waals surface area contributed by atoms with E-state index in [0.717, 1.165) is 10.4 Å². The Kier molecular flexibility index (Phi) is 3.26. The molecule has 0 aliphatic carbocycles. The third-order valence-electron chi connectivity index (χ3n) is 2.74. The van der Waals surface area contributed by atoms with Crippen LogP contribution in [0.25, 0.3) is 10.4 Å². The Hall–Kier alpha value is -2.54. The summed E-state index contributed by atoms with van der Waals surface area (Å²) in [5.74, 6) is -0.866. The van der Waals surface area contributed by atoms with E-state index in [0.29, 0.717) is 5.76 Å². The average molecular weight is 287 g/mol. The van der Waals surface area contributed by atoms with Crippen molar-refractivity contribution in [2.45, 2.75) is 6.42 Å². The number of nitrogens with one attached hydrogen (secondary N) is 1. The van der Waals surface area contributed by atoms with Gasteiger partial charge in [-0.1, -0.05) is 6.07 Å². The quantitative estimate of drug-likeness (QED) is 0.573. The van der Waals surface area contributed by atoms with E-state index in [9.17, 15) is 9.59 Å². The average Bonchev–Trinajstić information content (AvgIpc) is 3.19. The molecule has 0 radical (unpaired) electrons. The van der Waals surface area contributed by atoms with Crippen LogP contribution in [0.15, 0.2) is 40.6 Å². The molecule has 0 spiro atoms. The van der Waals surface area contributed by atoms with Gasteiger partial charge < -0.3 is 4.42 Å². The standard InChI is InChI=1S/C13H9N3O3S/c17-9(12(18)13-14-7-15-16-13)6-10-8(3-4-19-10)11-2-1-5-20-11/h1-5,7H,6H2,(H,14,15,16). The van der Waals surface area contributed by atoms with Gasteiger partial charge in [-0.3, -0.25) is 14.7 Å². The van der Waals surface area contributed by atoms with Crippen LogP contribution in [0.3, 0.4) is 0 Å². The molecule has 3 heterocycles. The number of aromatic amines is 1. The summed E-state index contributed by atoms with van der Waals surface area (Å²) in [7, 11) is 0. The number of nitrogens with zero attached hydrogens (tertiary/aromatic N) is 2. The normalized spacial score (nSPS) is 10.6. The Labute approximate surface area is 117 Å². The van der Waals surface area contributed by atoms with Crippen LogP contribution in [-0.4, -0.2) is 26.7 Å². The summed E-state index contributed by atoms with van der Waals surface area (Å²) >= 11 is 1.54. The molecule has 3 aromatic heterocycles. The van der Waals surface area contributed by atoms with E-state index in [1.54, 1.807) is 17.4 Å². The minimum atomic E-state index is -0.698. The number of thiophene rings is 1. The van der Waals surface area contributed by atoms with E-state index in [4.69, 9.17) is 4.42 Å². The van der Waals surface area contributed by atoms with Crippen molar-refractivity contribution >= 4 is 22.9 Å². The van der Waals surface area contributed by atoms with Crippen LogP contribution in [0.1, 0.15) is 16.4 Å². The number of hydrogen-bond donors (Lipinski definition) is 1. The van der Waals surface area contributed by atoms with Crippen molar-refractivity contribution < 1.29 is 14.0 Å². The number of aromatic nitrogens is 3. The summed E-state index contributed by atoms with van der Waals surface area (Å²) in [6.07, 6.45) is 2.60. The van der Waals surface area contributed by atoms with Crippen molar-refractivity contribution in [3.8, 4) is 10.4 Å². The molecule has 0 bridgehead atoms. The van der Waals surface area contributed by atoms with E-state index in [1.165, 1.54) is 12.6 Å². The third-order valence-corrected chi connectivity index (χ3v) is 3.64. The highest BCUT2D eigenvalue weighted by molar-refractivity contribution is 7.13. The highest BCUT2D eigenvalue weighted by Crippen LogP contribution is 2.29. The van der Waals surface area contributed by atoms with Gasteiger partial charge in [-0.05, 0) is 17.5 Å². The first-order valence-corrected chi connectivity index (χ1v) is 6.67. The van der Waals surface area contributed by atoms with E-state index in [1.807, 2.05) is 17.5 Å². The van der Waals surface area contributed by atoms with Gasteiger partial charge in [-0.25, -0.2) is 4.98 Å². The molecule has 0 saturated carbocycles. The lowest BCUT2D eigenvalue weighted by Crippen LogP contribution is -2.18. The van der Waals surface area contributed by atoms with Gasteiger partial charge in [0.15, 0.2) is 5.82 Å². The maximum Gasteiger partial charge on any atom is 0.265 e. The molecule has 1 N–H and O–H groups in total. The van der Waals surface area contributed by atoms with Crippen molar-refractivity contribution in [3.63, 3.8) is 0 Å². The van der Waals surface area contributed by atoms with Crippen LogP contribution in [0.2, 0.25) is 0 Å². The predicted octanol–water partition coefficient (Wildman–Crippen LogP) is 2.12. The molecule has 100 valence electrons. The number of carbonyl (C=O) groups excluding carboxylic acids is 2. The third kappa shape index (κ3) is 2.30. The van der Waals surface area contributed by atoms with E-state index in [-0.39, 0.29) is 12.2 Å². The maximum atomic E-state index is 11.9. The van der Waals surface area contributed by atoms with Crippen LogP contribution < -0.4 is 0 Å². The number of rotatable bonds is 5. The second-order valence-electron chi connectivity index (χ2n) is 4.00. The Morgan fingerprint density at radius 3 is 2.95 bits per heavy atom. The van der Waals surface area contributed by atoms with E-state index >= 15 is 0 Å². The fourth-order valence-electron chi connectivity index (χ4n) is 1.80. The fraction of sp³-hybridized carbons (Fsp3) is 0.0769. The zero-order valence-corrected chi connectivity index (χ0v) is 11.0. The molecule has 0 aromatic carbocycles. The smallest absolute Gasteiger partial charge is 0.265 e. The Bertz CT molecular complexity index is 729. The summed E-state index contributed by atoms with van der Waals surface area (Å²) in [6.45, 7) is 0. The van der Waals surface area contributed by atoms with Gasteiger partial charge >= 0.3 is 0 Å². The largest absolute Gasteiger partial charge is 0.468 e. The zero-order valence-electron chi connectivity index (χ0n) is 10.2. The minimum Gasteiger partial charge on any atom is -0.468 e. The Morgan fingerprint density at radius 1 is 1.35 bits per heavy atom. The molecule has 6 nitrogen and oxygen atoms in total. The van der Waals surface area contributed by atoms with Gasteiger partial charge in [0.25, 0.3) is 5.78 Å². The number of H-pyrrole nitrogens is 1. The fourth-order valence-corrected chi connectivity index (χ4v) is 2.57. The van der Waals surface area contributed by atoms with Crippen molar-refractivity contribution in [2.75, 3.05) is 0 Å².